The maximum absolute atomic E-state index is 12.7. The average Bonchev–Trinajstić information content (AvgIpc) is 3.23. The van der Waals surface area contributed by atoms with E-state index >= 15 is 0 Å². The summed E-state index contributed by atoms with van der Waals surface area (Å²) in [4.78, 5) is 4.40. The fourth-order valence-corrected chi connectivity index (χ4v) is 3.83. The smallest absolute Gasteiger partial charge is 0.244 e. The first-order valence-electron chi connectivity index (χ1n) is 7.10. The second kappa shape index (κ2) is 6.37. The molecule has 1 fully saturated rings. The fraction of sp³-hybridized carbons (Fsp3) is 0.571. The summed E-state index contributed by atoms with van der Waals surface area (Å²) in [5.74, 6) is 0.469. The van der Waals surface area contributed by atoms with Crippen molar-refractivity contribution in [1.29, 1.82) is 0 Å². The lowest BCUT2D eigenvalue weighted by Crippen LogP contribution is -2.34. The molecule has 0 atom stereocenters. The third kappa shape index (κ3) is 3.99. The number of sulfonamides is 1. The number of hydrogen-bond donors (Lipinski definition) is 1. The Morgan fingerprint density at radius 2 is 2.14 bits per heavy atom. The largest absolute Gasteiger partial charge is 0.388 e. The van der Waals surface area contributed by atoms with Crippen molar-refractivity contribution in [2.75, 3.05) is 6.54 Å². The van der Waals surface area contributed by atoms with Crippen LogP contribution >= 0.6 is 12.2 Å². The van der Waals surface area contributed by atoms with Crippen LogP contribution in [0.15, 0.2) is 23.2 Å². The highest BCUT2D eigenvalue weighted by Crippen LogP contribution is 2.32. The number of nitrogens with zero attached hydrogens (tertiary/aromatic N) is 2. The zero-order valence-electron chi connectivity index (χ0n) is 12.3. The van der Waals surface area contributed by atoms with Gasteiger partial charge in [-0.2, -0.15) is 4.31 Å². The Kier molecular flexibility index (Phi) is 4.95. The number of rotatable bonds is 7. The summed E-state index contributed by atoms with van der Waals surface area (Å²) >= 11 is 4.83. The Morgan fingerprint density at radius 3 is 2.57 bits per heavy atom. The minimum atomic E-state index is -3.49. The first-order valence-corrected chi connectivity index (χ1v) is 8.95. The Morgan fingerprint density at radius 1 is 1.48 bits per heavy atom. The van der Waals surface area contributed by atoms with Crippen LogP contribution in [0.2, 0.25) is 0 Å². The van der Waals surface area contributed by atoms with E-state index in [2.05, 4.69) is 18.8 Å². The summed E-state index contributed by atoms with van der Waals surface area (Å²) in [6.07, 6.45) is 4.08. The molecule has 0 radical (unpaired) electrons. The molecule has 0 aromatic carbocycles. The summed E-state index contributed by atoms with van der Waals surface area (Å²) in [6.45, 7) is 4.74. The van der Waals surface area contributed by atoms with E-state index in [1.807, 2.05) is 0 Å². The summed E-state index contributed by atoms with van der Waals surface area (Å²) < 4.78 is 27.1. The molecule has 0 bridgehead atoms. The van der Waals surface area contributed by atoms with Crippen LogP contribution < -0.4 is 5.73 Å². The Bertz CT molecular complexity index is 608. The average molecular weight is 327 g/mol. The van der Waals surface area contributed by atoms with E-state index in [-0.39, 0.29) is 15.9 Å². The van der Waals surface area contributed by atoms with Crippen molar-refractivity contribution in [3.63, 3.8) is 0 Å². The molecule has 7 heteroatoms. The molecule has 0 spiro atoms. The molecule has 21 heavy (non-hydrogen) atoms. The summed E-state index contributed by atoms with van der Waals surface area (Å²) in [7, 11) is -3.49. The Hall–Kier alpha value is -1.05. The van der Waals surface area contributed by atoms with Gasteiger partial charge in [0.1, 0.15) is 9.88 Å². The normalized spacial score (nSPS) is 15.6. The summed E-state index contributed by atoms with van der Waals surface area (Å²) in [5, 5.41) is 0. The van der Waals surface area contributed by atoms with Crippen LogP contribution in [0.25, 0.3) is 0 Å². The van der Waals surface area contributed by atoms with E-state index in [0.717, 1.165) is 19.3 Å². The van der Waals surface area contributed by atoms with Crippen molar-refractivity contribution in [2.24, 2.45) is 11.7 Å². The van der Waals surface area contributed by atoms with Crippen LogP contribution in [0, 0.1) is 5.92 Å². The van der Waals surface area contributed by atoms with Crippen molar-refractivity contribution in [3.05, 3.63) is 24.0 Å². The maximum atomic E-state index is 12.7. The van der Waals surface area contributed by atoms with E-state index in [9.17, 15) is 8.42 Å². The van der Waals surface area contributed by atoms with E-state index < -0.39 is 10.0 Å². The van der Waals surface area contributed by atoms with Crippen molar-refractivity contribution in [3.8, 4) is 0 Å². The van der Waals surface area contributed by atoms with Crippen LogP contribution in [0.4, 0.5) is 0 Å². The first kappa shape index (κ1) is 16.3. The van der Waals surface area contributed by atoms with E-state index in [4.69, 9.17) is 18.0 Å². The fourth-order valence-electron chi connectivity index (χ4n) is 2.06. The molecule has 0 unspecified atom stereocenters. The number of thiocarbonyl (C=S) groups is 1. The predicted molar refractivity (Wildman–Crippen MR) is 86.5 cm³/mol. The minimum absolute atomic E-state index is 0.143. The highest BCUT2D eigenvalue weighted by molar-refractivity contribution is 7.89. The van der Waals surface area contributed by atoms with Crippen LogP contribution in [-0.2, 0) is 10.0 Å². The lowest BCUT2D eigenvalue weighted by atomic mass is 10.1. The van der Waals surface area contributed by atoms with Gasteiger partial charge in [-0.1, -0.05) is 26.1 Å². The van der Waals surface area contributed by atoms with Gasteiger partial charge in [0.25, 0.3) is 0 Å². The van der Waals surface area contributed by atoms with Gasteiger partial charge in [0.05, 0.1) is 5.69 Å². The van der Waals surface area contributed by atoms with Crippen molar-refractivity contribution in [1.82, 2.24) is 9.29 Å². The monoisotopic (exact) mass is 327 g/mol. The molecule has 0 saturated heterocycles. The van der Waals surface area contributed by atoms with E-state index in [0.29, 0.717) is 18.2 Å². The lowest BCUT2D eigenvalue weighted by molar-refractivity contribution is 0.373. The maximum Gasteiger partial charge on any atom is 0.244 e. The van der Waals surface area contributed by atoms with Crippen LogP contribution in [0.5, 0.6) is 0 Å². The van der Waals surface area contributed by atoms with E-state index in [1.54, 1.807) is 10.4 Å². The molecule has 1 aromatic rings. The molecule has 5 nitrogen and oxygen atoms in total. The van der Waals surface area contributed by atoms with E-state index in [1.165, 1.54) is 12.3 Å². The third-order valence-electron chi connectivity index (χ3n) is 3.48. The molecule has 0 aliphatic heterocycles. The second-order valence-corrected chi connectivity index (χ2v) is 8.10. The van der Waals surface area contributed by atoms with Crippen molar-refractivity contribution < 1.29 is 8.42 Å². The van der Waals surface area contributed by atoms with Gasteiger partial charge in [0.2, 0.25) is 10.0 Å². The minimum Gasteiger partial charge on any atom is -0.388 e. The van der Waals surface area contributed by atoms with Gasteiger partial charge in [0.15, 0.2) is 0 Å². The Labute approximate surface area is 131 Å². The predicted octanol–water partition coefficient (Wildman–Crippen LogP) is 1.92. The molecule has 1 heterocycles. The summed E-state index contributed by atoms with van der Waals surface area (Å²) in [6, 6.07) is 3.23. The molecule has 0 amide bonds. The number of hydrogen-bond acceptors (Lipinski definition) is 4. The van der Waals surface area contributed by atoms with Crippen LogP contribution in [0.3, 0.4) is 0 Å². The molecule has 1 aliphatic carbocycles. The molecular weight excluding hydrogens is 306 g/mol. The number of nitrogens with two attached hydrogens (primary N) is 1. The van der Waals surface area contributed by atoms with Crippen LogP contribution in [-0.4, -0.2) is 35.3 Å². The highest BCUT2D eigenvalue weighted by atomic mass is 32.2. The lowest BCUT2D eigenvalue weighted by Gasteiger charge is -2.22. The standard InChI is InChI=1S/C14H21N3O2S2/c1-10(2)7-8-17(11-3-4-11)21(18,19)12-5-6-13(14(15)20)16-9-12/h5-6,9-11H,3-4,7-8H2,1-2H3,(H2,15,20). The van der Waals surface area contributed by atoms with Crippen LogP contribution in [0.1, 0.15) is 38.8 Å². The number of aromatic nitrogens is 1. The first-order chi connectivity index (χ1) is 9.82. The third-order valence-corrected chi connectivity index (χ3v) is 5.62. The molecule has 2 rings (SSSR count). The second-order valence-electron chi connectivity index (χ2n) is 5.77. The quantitative estimate of drug-likeness (QED) is 0.774. The van der Waals surface area contributed by atoms with Gasteiger partial charge in [-0.05, 0) is 37.3 Å². The topological polar surface area (TPSA) is 76.3 Å². The van der Waals surface area contributed by atoms with Crippen molar-refractivity contribution in [2.45, 2.75) is 44.0 Å². The van der Waals surface area contributed by atoms with Gasteiger partial charge >= 0.3 is 0 Å². The SMILES string of the molecule is CC(C)CCN(C1CC1)S(=O)(=O)c1ccc(C(N)=S)nc1. The molecule has 1 aliphatic rings. The van der Waals surface area contributed by atoms with Gasteiger partial charge in [0, 0.05) is 18.8 Å². The highest BCUT2D eigenvalue weighted by Gasteiger charge is 2.37. The molecule has 1 saturated carbocycles. The Balaban J connectivity index is 2.23. The van der Waals surface area contributed by atoms with Crippen molar-refractivity contribution >= 4 is 27.2 Å². The zero-order chi connectivity index (χ0) is 15.6. The molecular formula is C14H21N3O2S2. The molecule has 2 N–H and O–H groups in total. The van der Waals surface area contributed by atoms with Gasteiger partial charge in [-0.15, -0.1) is 0 Å². The molecule has 116 valence electrons. The van der Waals surface area contributed by atoms with Gasteiger partial charge < -0.3 is 5.73 Å². The zero-order valence-corrected chi connectivity index (χ0v) is 14.0. The van der Waals surface area contributed by atoms with Gasteiger partial charge in [-0.3, -0.25) is 4.98 Å². The summed E-state index contributed by atoms with van der Waals surface area (Å²) in [5.41, 5.74) is 5.92. The number of pyridine rings is 1. The van der Waals surface area contributed by atoms with Gasteiger partial charge in [-0.25, -0.2) is 8.42 Å². The molecule has 1 aromatic heterocycles.